The Bertz CT molecular complexity index is 1040. The Balaban J connectivity index is 1.79. The van der Waals surface area contributed by atoms with Crippen LogP contribution >= 0.6 is 11.6 Å². The molecule has 1 N–H and O–H groups in total. The van der Waals surface area contributed by atoms with Gasteiger partial charge < -0.3 is 10.1 Å². The van der Waals surface area contributed by atoms with Gasteiger partial charge in [0.2, 0.25) is 0 Å². The van der Waals surface area contributed by atoms with E-state index in [0.29, 0.717) is 23.6 Å². The Kier molecular flexibility index (Phi) is 5.56. The van der Waals surface area contributed by atoms with E-state index in [4.69, 9.17) is 11.6 Å². The fourth-order valence-electron chi connectivity index (χ4n) is 2.53. The van der Waals surface area contributed by atoms with Crippen molar-refractivity contribution >= 4 is 34.9 Å². The van der Waals surface area contributed by atoms with Gasteiger partial charge in [-0.15, -0.1) is 0 Å². The third kappa shape index (κ3) is 4.53. The highest BCUT2D eigenvalue weighted by Crippen LogP contribution is 2.12. The molecule has 1 aromatic carbocycles. The van der Waals surface area contributed by atoms with Gasteiger partial charge in [-0.3, -0.25) is 14.2 Å². The molecule has 2 aromatic heterocycles. The van der Waals surface area contributed by atoms with Crippen LogP contribution in [0.1, 0.15) is 12.5 Å². The lowest BCUT2D eigenvalue weighted by Gasteiger charge is -2.09. The number of nitrogens with zero attached hydrogens (tertiary/aromatic N) is 3. The molecular formula is C18H17ClN4O4. The van der Waals surface area contributed by atoms with Crippen molar-refractivity contribution < 1.29 is 14.3 Å². The minimum Gasteiger partial charge on any atom is -0.456 e. The van der Waals surface area contributed by atoms with Crippen molar-refractivity contribution in [1.82, 2.24) is 14.0 Å². The Morgan fingerprint density at radius 1 is 1.19 bits per heavy atom. The van der Waals surface area contributed by atoms with Gasteiger partial charge in [-0.25, -0.2) is 14.2 Å². The average molecular weight is 389 g/mol. The number of halogens is 1. The van der Waals surface area contributed by atoms with Gasteiger partial charge in [0.15, 0.2) is 6.61 Å². The van der Waals surface area contributed by atoms with Crippen LogP contribution in [-0.4, -0.2) is 32.4 Å². The summed E-state index contributed by atoms with van der Waals surface area (Å²) >= 11 is 5.87. The number of aromatic nitrogens is 3. The average Bonchev–Trinajstić information content (AvgIpc) is 3.04. The summed E-state index contributed by atoms with van der Waals surface area (Å²) in [5.41, 5.74) is 1.11. The van der Waals surface area contributed by atoms with Gasteiger partial charge >= 0.3 is 11.7 Å². The summed E-state index contributed by atoms with van der Waals surface area (Å²) in [5.74, 6) is -0.835. The van der Waals surface area contributed by atoms with E-state index in [1.165, 1.54) is 22.2 Å². The van der Waals surface area contributed by atoms with E-state index in [9.17, 15) is 14.4 Å². The minimum atomic E-state index is -0.559. The van der Waals surface area contributed by atoms with Gasteiger partial charge in [0.1, 0.15) is 17.8 Å². The number of amides is 1. The number of carbonyl (C=O) groups is 2. The topological polar surface area (TPSA) is 94.7 Å². The van der Waals surface area contributed by atoms with Gasteiger partial charge in [0.25, 0.3) is 5.91 Å². The van der Waals surface area contributed by atoms with Crippen LogP contribution in [0.25, 0.3) is 5.65 Å². The first-order valence-corrected chi connectivity index (χ1v) is 8.56. The van der Waals surface area contributed by atoms with E-state index >= 15 is 0 Å². The smallest absolute Gasteiger partial charge is 0.336 e. The zero-order chi connectivity index (χ0) is 19.4. The summed E-state index contributed by atoms with van der Waals surface area (Å²) in [6, 6.07) is 10.6. The molecule has 9 heteroatoms. The standard InChI is InChI=1S/C18H17ClN4O4/c1-12(24)27-10-17(25)21-16-7-6-15-20-11-22(18(26)23(15)16)9-8-13-2-4-14(19)5-3-13/h2-7,11H,8-10H2,1H3,(H,21,25). The number of hydrogen-bond donors (Lipinski definition) is 1. The number of benzene rings is 1. The van der Waals surface area contributed by atoms with Gasteiger partial charge in [0, 0.05) is 18.5 Å². The van der Waals surface area contributed by atoms with Crippen LogP contribution in [0.5, 0.6) is 0 Å². The molecule has 0 bridgehead atoms. The molecule has 0 aliphatic carbocycles. The van der Waals surface area contributed by atoms with Crippen LogP contribution in [0, 0.1) is 0 Å². The van der Waals surface area contributed by atoms with Crippen LogP contribution < -0.4 is 11.0 Å². The van der Waals surface area contributed by atoms with Crippen molar-refractivity contribution in [3.63, 3.8) is 0 Å². The maximum Gasteiger partial charge on any atom is 0.336 e. The summed E-state index contributed by atoms with van der Waals surface area (Å²) < 4.78 is 7.41. The highest BCUT2D eigenvalue weighted by atomic mass is 35.5. The summed E-state index contributed by atoms with van der Waals surface area (Å²) in [4.78, 5) is 39.6. The number of esters is 1. The fourth-order valence-corrected chi connectivity index (χ4v) is 2.66. The number of hydrogen-bond acceptors (Lipinski definition) is 5. The zero-order valence-electron chi connectivity index (χ0n) is 14.5. The van der Waals surface area contributed by atoms with E-state index in [1.807, 2.05) is 12.1 Å². The van der Waals surface area contributed by atoms with E-state index in [2.05, 4.69) is 15.0 Å². The Labute approximate surface area is 159 Å². The molecule has 0 saturated carbocycles. The van der Waals surface area contributed by atoms with E-state index in [0.717, 1.165) is 5.56 Å². The first-order chi connectivity index (χ1) is 12.9. The predicted octanol–water partition coefficient (Wildman–Crippen LogP) is 1.89. The van der Waals surface area contributed by atoms with E-state index in [1.54, 1.807) is 24.3 Å². The number of ether oxygens (including phenoxy) is 1. The monoisotopic (exact) mass is 388 g/mol. The van der Waals surface area contributed by atoms with Crippen LogP contribution in [0.2, 0.25) is 5.02 Å². The van der Waals surface area contributed by atoms with Crippen molar-refractivity contribution in [2.45, 2.75) is 19.9 Å². The summed E-state index contributed by atoms with van der Waals surface area (Å²) in [6.45, 7) is 1.21. The molecule has 0 fully saturated rings. The second kappa shape index (κ2) is 8.05. The maximum absolute atomic E-state index is 12.8. The van der Waals surface area contributed by atoms with Gasteiger partial charge in [-0.2, -0.15) is 0 Å². The molecule has 0 aliphatic heterocycles. The highest BCUT2D eigenvalue weighted by molar-refractivity contribution is 6.30. The first kappa shape index (κ1) is 18.7. The quantitative estimate of drug-likeness (QED) is 0.651. The molecule has 3 rings (SSSR count). The molecule has 0 unspecified atom stereocenters. The van der Waals surface area contributed by atoms with Crippen LogP contribution in [0.3, 0.4) is 0 Å². The number of fused-ring (bicyclic) bond motifs is 1. The molecule has 2 heterocycles. The van der Waals surface area contributed by atoms with Crippen molar-refractivity contribution in [3.05, 3.63) is 63.8 Å². The van der Waals surface area contributed by atoms with E-state index in [-0.39, 0.29) is 11.5 Å². The Morgan fingerprint density at radius 3 is 2.63 bits per heavy atom. The molecule has 0 atom stereocenters. The third-order valence-electron chi connectivity index (χ3n) is 3.86. The van der Waals surface area contributed by atoms with Crippen molar-refractivity contribution in [3.8, 4) is 0 Å². The Hall–Kier alpha value is -3.13. The first-order valence-electron chi connectivity index (χ1n) is 8.18. The van der Waals surface area contributed by atoms with Gasteiger partial charge in [-0.1, -0.05) is 23.7 Å². The molecule has 8 nitrogen and oxygen atoms in total. The summed E-state index contributed by atoms with van der Waals surface area (Å²) in [6.07, 6.45) is 2.09. The van der Waals surface area contributed by atoms with Crippen LogP contribution in [0.15, 0.2) is 47.5 Å². The van der Waals surface area contributed by atoms with Crippen LogP contribution in [-0.2, 0) is 27.3 Å². The predicted molar refractivity (Wildman–Crippen MR) is 99.9 cm³/mol. The molecule has 27 heavy (non-hydrogen) atoms. The highest BCUT2D eigenvalue weighted by Gasteiger charge is 2.12. The maximum atomic E-state index is 12.8. The molecule has 0 saturated heterocycles. The van der Waals surface area contributed by atoms with Crippen molar-refractivity contribution in [1.29, 1.82) is 0 Å². The van der Waals surface area contributed by atoms with Gasteiger partial charge in [0.05, 0.1) is 0 Å². The molecule has 0 spiro atoms. The molecule has 1 amide bonds. The van der Waals surface area contributed by atoms with Crippen molar-refractivity contribution in [2.24, 2.45) is 0 Å². The normalized spacial score (nSPS) is 10.7. The second-order valence-corrected chi connectivity index (χ2v) is 6.27. The summed E-state index contributed by atoms with van der Waals surface area (Å²) in [5, 5.41) is 3.20. The molecule has 3 aromatic rings. The third-order valence-corrected chi connectivity index (χ3v) is 4.11. The Morgan fingerprint density at radius 2 is 1.93 bits per heavy atom. The number of nitrogens with one attached hydrogen (secondary N) is 1. The van der Waals surface area contributed by atoms with E-state index < -0.39 is 18.5 Å². The molecule has 0 aliphatic rings. The molecular weight excluding hydrogens is 372 g/mol. The molecule has 0 radical (unpaired) electrons. The largest absolute Gasteiger partial charge is 0.456 e. The van der Waals surface area contributed by atoms with Gasteiger partial charge in [-0.05, 0) is 36.2 Å². The summed E-state index contributed by atoms with van der Waals surface area (Å²) in [7, 11) is 0. The lowest BCUT2D eigenvalue weighted by Crippen LogP contribution is -2.30. The fraction of sp³-hybridized carbons (Fsp3) is 0.222. The van der Waals surface area contributed by atoms with Crippen LogP contribution in [0.4, 0.5) is 5.82 Å². The number of anilines is 1. The SMILES string of the molecule is CC(=O)OCC(=O)Nc1ccc2ncn(CCc3ccc(Cl)cc3)c(=O)n12. The lowest BCUT2D eigenvalue weighted by atomic mass is 10.1. The minimum absolute atomic E-state index is 0.264. The lowest BCUT2D eigenvalue weighted by molar-refractivity contribution is -0.144. The van der Waals surface area contributed by atoms with Crippen molar-refractivity contribution in [2.75, 3.05) is 11.9 Å². The number of aryl methyl sites for hydroxylation is 2. The zero-order valence-corrected chi connectivity index (χ0v) is 15.3. The molecule has 140 valence electrons. The second-order valence-electron chi connectivity index (χ2n) is 5.84. The number of carbonyl (C=O) groups excluding carboxylic acids is 2. The number of rotatable bonds is 6.